The first kappa shape index (κ1) is 21.0. The zero-order valence-electron chi connectivity index (χ0n) is 17.9. The first-order chi connectivity index (χ1) is 15.9. The zero-order chi connectivity index (χ0) is 23.3. The third-order valence-corrected chi connectivity index (χ3v) is 6.13. The summed E-state index contributed by atoms with van der Waals surface area (Å²) in [5.41, 5.74) is 2.56. The van der Waals surface area contributed by atoms with E-state index in [-0.39, 0.29) is 0 Å². The number of hydrogen-bond acceptors (Lipinski definition) is 7. The smallest absolute Gasteiger partial charge is 0.328 e. The van der Waals surface area contributed by atoms with Crippen LogP contribution in [0.3, 0.4) is 0 Å². The Morgan fingerprint density at radius 2 is 1.79 bits per heavy atom. The fourth-order valence-corrected chi connectivity index (χ4v) is 4.36. The molecule has 3 aliphatic heterocycles. The summed E-state index contributed by atoms with van der Waals surface area (Å²) in [6, 6.07) is 15.6. The Morgan fingerprint density at radius 1 is 1.09 bits per heavy atom. The zero-order valence-corrected chi connectivity index (χ0v) is 18.6. The molecule has 0 spiro atoms. The average molecular weight is 466 g/mol. The molecule has 2 atom stereocenters. The van der Waals surface area contributed by atoms with E-state index in [1.165, 1.54) is 12.0 Å². The van der Waals surface area contributed by atoms with Gasteiger partial charge in [-0.2, -0.15) is 0 Å². The second-order valence-corrected chi connectivity index (χ2v) is 8.22. The number of likely N-dealkylation sites (N-methyl/N-ethyl adjacent to an activating group) is 1. The number of carbonyl (C=O) groups excluding carboxylic acids is 3. The molecule has 2 aromatic carbocycles. The lowest BCUT2D eigenvalue weighted by Crippen LogP contribution is -2.65. The number of fused-ring (bicyclic) bond motifs is 3. The fourth-order valence-electron chi connectivity index (χ4n) is 4.23. The van der Waals surface area contributed by atoms with Gasteiger partial charge in [-0.15, -0.1) is 0 Å². The van der Waals surface area contributed by atoms with E-state index in [2.05, 4.69) is 4.74 Å². The van der Waals surface area contributed by atoms with Crippen LogP contribution in [0.4, 0.5) is 10.5 Å². The van der Waals surface area contributed by atoms with Crippen LogP contribution < -0.4 is 4.90 Å². The third kappa shape index (κ3) is 3.32. The summed E-state index contributed by atoms with van der Waals surface area (Å²) in [5.74, 6) is -0.666. The van der Waals surface area contributed by atoms with Gasteiger partial charge in [0, 0.05) is 29.5 Å². The minimum absolute atomic E-state index is 0.457. The number of methoxy groups -OCH3 is 1. The van der Waals surface area contributed by atoms with E-state index in [1.54, 1.807) is 24.1 Å². The Balaban J connectivity index is 1.59. The lowest BCUT2D eigenvalue weighted by molar-refractivity contribution is -0.148. The van der Waals surface area contributed by atoms with Crippen LogP contribution in [0.25, 0.3) is 5.70 Å². The van der Waals surface area contributed by atoms with Gasteiger partial charge in [-0.3, -0.25) is 24.3 Å². The monoisotopic (exact) mass is 465 g/mol. The summed E-state index contributed by atoms with van der Waals surface area (Å²) in [6.07, 6.45) is 1.13. The third-order valence-electron chi connectivity index (χ3n) is 5.88. The molecule has 2 unspecified atom stereocenters. The van der Waals surface area contributed by atoms with Crippen molar-refractivity contribution in [1.82, 2.24) is 14.7 Å². The van der Waals surface area contributed by atoms with Gasteiger partial charge in [0.1, 0.15) is 6.54 Å². The quantitative estimate of drug-likeness (QED) is 0.645. The number of anilines is 1. The van der Waals surface area contributed by atoms with Crippen molar-refractivity contribution in [2.24, 2.45) is 4.99 Å². The van der Waals surface area contributed by atoms with Gasteiger partial charge in [0.15, 0.2) is 12.2 Å². The van der Waals surface area contributed by atoms with Crippen molar-refractivity contribution in [3.63, 3.8) is 0 Å². The number of ether oxygens (including phenoxy) is 1. The van der Waals surface area contributed by atoms with Crippen LogP contribution in [0.15, 0.2) is 65.8 Å². The molecular formula is C23H20ClN5O4. The molecule has 5 rings (SSSR count). The molecule has 1 fully saturated rings. The second kappa shape index (κ2) is 7.93. The number of amides is 3. The van der Waals surface area contributed by atoms with Crippen LogP contribution in [0.5, 0.6) is 0 Å². The molecular weight excluding hydrogens is 446 g/mol. The predicted octanol–water partition coefficient (Wildman–Crippen LogP) is 2.59. The molecule has 1 saturated heterocycles. The van der Waals surface area contributed by atoms with Crippen molar-refractivity contribution in [1.29, 1.82) is 0 Å². The minimum atomic E-state index is -0.802. The summed E-state index contributed by atoms with van der Waals surface area (Å²) in [7, 11) is 2.78. The maximum absolute atomic E-state index is 13.4. The molecule has 3 heterocycles. The van der Waals surface area contributed by atoms with E-state index in [0.29, 0.717) is 11.0 Å². The van der Waals surface area contributed by atoms with Gasteiger partial charge in [0.05, 0.1) is 12.8 Å². The maximum Gasteiger partial charge on any atom is 0.328 e. The summed E-state index contributed by atoms with van der Waals surface area (Å²) in [6.45, 7) is -0.457. The number of urea groups is 1. The number of benzene rings is 2. The van der Waals surface area contributed by atoms with Crippen LogP contribution in [-0.2, 0) is 14.3 Å². The molecule has 0 radical (unpaired) electrons. The van der Waals surface area contributed by atoms with E-state index in [9.17, 15) is 14.4 Å². The molecule has 0 N–H and O–H groups in total. The summed E-state index contributed by atoms with van der Waals surface area (Å²) < 4.78 is 4.67. The molecule has 10 heteroatoms. The number of esters is 1. The number of hydrogen-bond donors (Lipinski definition) is 0. The lowest BCUT2D eigenvalue weighted by Gasteiger charge is -2.39. The van der Waals surface area contributed by atoms with Crippen molar-refractivity contribution in [3.8, 4) is 0 Å². The molecule has 0 bridgehead atoms. The molecule has 0 aromatic heterocycles. The van der Waals surface area contributed by atoms with Crippen molar-refractivity contribution in [2.75, 3.05) is 25.6 Å². The number of halogens is 1. The van der Waals surface area contributed by atoms with E-state index < -0.39 is 36.7 Å². The Kier molecular flexibility index (Phi) is 5.05. The molecule has 168 valence electrons. The van der Waals surface area contributed by atoms with Gasteiger partial charge < -0.3 is 9.64 Å². The second-order valence-electron chi connectivity index (χ2n) is 7.78. The number of aliphatic imine (C=N–C) groups is 1. The fraction of sp³-hybridized carbons (Fsp3) is 0.217. The molecule has 3 amide bonds. The Morgan fingerprint density at radius 3 is 2.45 bits per heavy atom. The SMILES string of the molecule is COC(=O)CN1C(=O)C2C(N=C3N(c4ccc(Cl)cc4)C(c4ccccc4)=CN32)N(C)C1=O. The highest BCUT2D eigenvalue weighted by Crippen LogP contribution is 2.40. The van der Waals surface area contributed by atoms with Gasteiger partial charge in [-0.05, 0) is 24.3 Å². The van der Waals surface area contributed by atoms with Crippen molar-refractivity contribution < 1.29 is 19.1 Å². The average Bonchev–Trinajstić information content (AvgIpc) is 3.38. The Labute approximate surface area is 195 Å². The van der Waals surface area contributed by atoms with E-state index in [0.717, 1.165) is 21.8 Å². The maximum atomic E-state index is 13.4. The molecule has 0 saturated carbocycles. The number of imide groups is 1. The largest absolute Gasteiger partial charge is 0.468 e. The van der Waals surface area contributed by atoms with Gasteiger partial charge in [-0.25, -0.2) is 9.79 Å². The van der Waals surface area contributed by atoms with Gasteiger partial charge in [0.2, 0.25) is 5.96 Å². The molecule has 0 aliphatic carbocycles. The van der Waals surface area contributed by atoms with Crippen LogP contribution in [0.2, 0.25) is 5.02 Å². The summed E-state index contributed by atoms with van der Waals surface area (Å²) >= 11 is 6.10. The topological polar surface area (TPSA) is 85.8 Å². The number of carbonyl (C=O) groups is 3. The number of rotatable bonds is 4. The van der Waals surface area contributed by atoms with Gasteiger partial charge >= 0.3 is 12.0 Å². The van der Waals surface area contributed by atoms with E-state index in [1.807, 2.05) is 53.6 Å². The number of guanidine groups is 1. The molecule has 33 heavy (non-hydrogen) atoms. The summed E-state index contributed by atoms with van der Waals surface area (Å²) in [5, 5.41) is 0.598. The van der Waals surface area contributed by atoms with Crippen molar-refractivity contribution in [2.45, 2.75) is 12.2 Å². The first-order valence-electron chi connectivity index (χ1n) is 10.2. The molecule has 9 nitrogen and oxygen atoms in total. The van der Waals surface area contributed by atoms with Crippen LogP contribution in [0.1, 0.15) is 5.56 Å². The van der Waals surface area contributed by atoms with Crippen molar-refractivity contribution >= 4 is 46.9 Å². The normalized spacial score (nSPS) is 21.7. The highest BCUT2D eigenvalue weighted by atomic mass is 35.5. The Bertz CT molecular complexity index is 1200. The van der Waals surface area contributed by atoms with Gasteiger partial charge in [0.25, 0.3) is 5.91 Å². The minimum Gasteiger partial charge on any atom is -0.468 e. The van der Waals surface area contributed by atoms with Crippen molar-refractivity contribution in [3.05, 3.63) is 71.4 Å². The highest BCUT2D eigenvalue weighted by molar-refractivity contribution is 6.30. The lowest BCUT2D eigenvalue weighted by atomic mass is 10.1. The van der Waals surface area contributed by atoms with E-state index >= 15 is 0 Å². The molecule has 3 aliphatic rings. The highest BCUT2D eigenvalue weighted by Gasteiger charge is 2.55. The number of nitrogens with zero attached hydrogens (tertiary/aromatic N) is 5. The predicted molar refractivity (Wildman–Crippen MR) is 122 cm³/mol. The first-order valence-corrected chi connectivity index (χ1v) is 10.6. The van der Waals surface area contributed by atoms with Crippen LogP contribution in [0, 0.1) is 0 Å². The standard InChI is InChI=1S/C23H20ClN5O4/c1-26-20-19(21(31)28(23(26)32)13-18(30)33-2)27-12-17(14-6-4-3-5-7-14)29(22(27)25-20)16-10-8-15(24)9-11-16/h3-12,19-20H,13H2,1-2H3. The van der Waals surface area contributed by atoms with Crippen LogP contribution in [-0.4, -0.2) is 71.5 Å². The van der Waals surface area contributed by atoms with Gasteiger partial charge in [-0.1, -0.05) is 41.9 Å². The molecule has 2 aromatic rings. The van der Waals surface area contributed by atoms with E-state index in [4.69, 9.17) is 16.6 Å². The summed E-state index contributed by atoms with van der Waals surface area (Å²) in [4.78, 5) is 48.8. The van der Waals surface area contributed by atoms with Crippen LogP contribution >= 0.6 is 11.6 Å². The Hall–Kier alpha value is -3.85.